The third-order valence-electron chi connectivity index (χ3n) is 2.80. The summed E-state index contributed by atoms with van der Waals surface area (Å²) in [5.74, 6) is -0.967. The van der Waals surface area contributed by atoms with Crippen molar-refractivity contribution in [3.63, 3.8) is 0 Å². The van der Waals surface area contributed by atoms with Crippen LogP contribution >= 0.6 is 0 Å². The van der Waals surface area contributed by atoms with Crippen molar-refractivity contribution in [3.05, 3.63) is 29.3 Å². The number of rotatable bonds is 3. The summed E-state index contributed by atoms with van der Waals surface area (Å²) in [5, 5.41) is 0. The quantitative estimate of drug-likeness (QED) is 0.467. The zero-order valence-electron chi connectivity index (χ0n) is 10.8. The van der Waals surface area contributed by atoms with E-state index in [0.29, 0.717) is 5.75 Å². The van der Waals surface area contributed by atoms with Gasteiger partial charge in [-0.25, -0.2) is 4.79 Å². The van der Waals surface area contributed by atoms with Gasteiger partial charge in [-0.1, -0.05) is 12.1 Å². The van der Waals surface area contributed by atoms with Gasteiger partial charge in [-0.05, 0) is 32.4 Å². The van der Waals surface area contributed by atoms with Crippen molar-refractivity contribution in [2.75, 3.05) is 6.61 Å². The topological polar surface area (TPSA) is 52.6 Å². The number of ether oxygens (including phenoxy) is 2. The van der Waals surface area contributed by atoms with Crippen molar-refractivity contribution < 1.29 is 19.1 Å². The lowest BCUT2D eigenvalue weighted by Gasteiger charge is -2.17. The van der Waals surface area contributed by atoms with Gasteiger partial charge in [-0.3, -0.25) is 4.79 Å². The summed E-state index contributed by atoms with van der Waals surface area (Å²) in [5.41, 5.74) is 0.902. The molecule has 4 nitrogen and oxygen atoms in total. The first-order valence-corrected chi connectivity index (χ1v) is 5.97. The highest BCUT2D eigenvalue weighted by Crippen LogP contribution is 2.37. The van der Waals surface area contributed by atoms with E-state index in [1.54, 1.807) is 19.1 Å². The van der Waals surface area contributed by atoms with Crippen LogP contribution < -0.4 is 4.74 Å². The molecule has 0 amide bonds. The van der Waals surface area contributed by atoms with Crippen LogP contribution in [0.25, 0.3) is 0 Å². The molecule has 0 spiro atoms. The van der Waals surface area contributed by atoms with Crippen LogP contribution in [-0.2, 0) is 16.0 Å². The van der Waals surface area contributed by atoms with Crippen molar-refractivity contribution in [2.24, 2.45) is 0 Å². The van der Waals surface area contributed by atoms with Gasteiger partial charge >= 0.3 is 5.97 Å². The number of Topliss-reactive ketones (excluding diaryl/α,β-unsaturated/α-hetero) is 1. The molecule has 0 saturated heterocycles. The summed E-state index contributed by atoms with van der Waals surface area (Å²) in [7, 11) is 0. The number of ketones is 1. The van der Waals surface area contributed by atoms with Crippen LogP contribution in [-0.4, -0.2) is 24.0 Å². The average Bonchev–Trinajstić information content (AvgIpc) is 2.61. The minimum atomic E-state index is -0.834. The molecule has 1 aromatic rings. The molecular weight excluding hydrogens is 232 g/mol. The average molecular weight is 248 g/mol. The van der Waals surface area contributed by atoms with E-state index < -0.39 is 11.8 Å². The fraction of sp³-hybridized carbons (Fsp3) is 0.429. The van der Waals surface area contributed by atoms with Crippen LogP contribution in [0.2, 0.25) is 0 Å². The highest BCUT2D eigenvalue weighted by atomic mass is 16.5. The number of fused-ring (bicyclic) bond motifs is 1. The maximum atomic E-state index is 12.0. The van der Waals surface area contributed by atoms with Gasteiger partial charge in [0.2, 0.25) is 0 Å². The Morgan fingerprint density at radius 3 is 2.78 bits per heavy atom. The van der Waals surface area contributed by atoms with Crippen molar-refractivity contribution in [1.82, 2.24) is 0 Å². The third kappa shape index (κ3) is 2.23. The van der Waals surface area contributed by atoms with Gasteiger partial charge in [0.1, 0.15) is 11.4 Å². The van der Waals surface area contributed by atoms with Gasteiger partial charge < -0.3 is 9.47 Å². The normalized spacial score (nSPS) is 15.7. The monoisotopic (exact) mass is 248 g/mol. The van der Waals surface area contributed by atoms with Crippen molar-refractivity contribution >= 4 is 11.8 Å². The summed E-state index contributed by atoms with van der Waals surface area (Å²) < 4.78 is 10.5. The van der Waals surface area contributed by atoms with Crippen LogP contribution in [0.5, 0.6) is 5.75 Å². The Morgan fingerprint density at radius 2 is 2.11 bits per heavy atom. The maximum absolute atomic E-state index is 12.0. The summed E-state index contributed by atoms with van der Waals surface area (Å²) in [6.07, 6.45) is 0.728. The first-order chi connectivity index (χ1) is 8.44. The molecule has 0 aliphatic carbocycles. The maximum Gasteiger partial charge on any atom is 0.379 e. The fourth-order valence-electron chi connectivity index (χ4n) is 2.10. The summed E-state index contributed by atoms with van der Waals surface area (Å²) in [6.45, 7) is 5.75. The Bertz CT molecular complexity index is 503. The number of hydrogen-bond acceptors (Lipinski definition) is 4. The minimum absolute atomic E-state index is 0.186. The van der Waals surface area contributed by atoms with Gasteiger partial charge in [0.25, 0.3) is 5.78 Å². The van der Waals surface area contributed by atoms with E-state index in [1.165, 1.54) is 0 Å². The Kier molecular flexibility index (Phi) is 3.11. The zero-order valence-corrected chi connectivity index (χ0v) is 10.8. The minimum Gasteiger partial charge on any atom is -0.486 e. The molecule has 1 heterocycles. The van der Waals surface area contributed by atoms with Gasteiger partial charge in [0.05, 0.1) is 12.2 Å². The van der Waals surface area contributed by atoms with Gasteiger partial charge in [0.15, 0.2) is 0 Å². The SMILES string of the molecule is CCOC(=O)C(=O)c1cccc2c1OC(C)(C)C2. The predicted octanol–water partition coefficient (Wildman–Crippen LogP) is 2.15. The van der Waals surface area contributed by atoms with E-state index >= 15 is 0 Å². The largest absolute Gasteiger partial charge is 0.486 e. The Labute approximate surface area is 106 Å². The predicted molar refractivity (Wildman–Crippen MR) is 65.8 cm³/mol. The van der Waals surface area contributed by atoms with Crippen molar-refractivity contribution in [1.29, 1.82) is 0 Å². The van der Waals surface area contributed by atoms with Crippen LogP contribution in [0.15, 0.2) is 18.2 Å². The molecule has 0 aromatic heterocycles. The highest BCUT2D eigenvalue weighted by molar-refractivity contribution is 6.41. The lowest BCUT2D eigenvalue weighted by Crippen LogP contribution is -2.25. The smallest absolute Gasteiger partial charge is 0.379 e. The summed E-state index contributed by atoms with van der Waals surface area (Å²) in [6, 6.07) is 5.27. The highest BCUT2D eigenvalue weighted by Gasteiger charge is 2.34. The van der Waals surface area contributed by atoms with Crippen LogP contribution in [0.3, 0.4) is 0 Å². The fourth-order valence-corrected chi connectivity index (χ4v) is 2.10. The molecule has 18 heavy (non-hydrogen) atoms. The molecule has 0 bridgehead atoms. The summed E-state index contributed by atoms with van der Waals surface area (Å²) >= 11 is 0. The van der Waals surface area contributed by atoms with Gasteiger partial charge in [0, 0.05) is 6.42 Å². The van der Waals surface area contributed by atoms with Crippen molar-refractivity contribution in [2.45, 2.75) is 32.8 Å². The number of hydrogen-bond donors (Lipinski definition) is 0. The van der Waals surface area contributed by atoms with Crippen LogP contribution in [0.1, 0.15) is 36.7 Å². The molecule has 2 rings (SSSR count). The number of carbonyl (C=O) groups is 2. The molecular formula is C14H16O4. The van der Waals surface area contributed by atoms with E-state index in [2.05, 4.69) is 0 Å². The Hall–Kier alpha value is -1.84. The van der Waals surface area contributed by atoms with E-state index in [-0.39, 0.29) is 17.8 Å². The molecule has 0 fully saturated rings. The molecule has 0 unspecified atom stereocenters. The van der Waals surface area contributed by atoms with Gasteiger partial charge in [-0.15, -0.1) is 0 Å². The van der Waals surface area contributed by atoms with E-state index in [9.17, 15) is 9.59 Å². The molecule has 1 aliphatic rings. The van der Waals surface area contributed by atoms with Crippen LogP contribution in [0, 0.1) is 0 Å². The molecule has 0 N–H and O–H groups in total. The van der Waals surface area contributed by atoms with Gasteiger partial charge in [-0.2, -0.15) is 0 Å². The second-order valence-electron chi connectivity index (χ2n) is 4.88. The number of para-hydroxylation sites is 1. The van der Waals surface area contributed by atoms with Crippen molar-refractivity contribution in [3.8, 4) is 5.75 Å². The number of esters is 1. The third-order valence-corrected chi connectivity index (χ3v) is 2.80. The van der Waals surface area contributed by atoms with E-state index in [4.69, 9.17) is 9.47 Å². The molecule has 0 radical (unpaired) electrons. The van der Waals surface area contributed by atoms with E-state index in [1.807, 2.05) is 19.9 Å². The molecule has 96 valence electrons. The Balaban J connectivity index is 2.35. The standard InChI is InChI=1S/C14H16O4/c1-4-17-13(16)11(15)10-7-5-6-9-8-14(2,3)18-12(9)10/h5-7H,4,8H2,1-3H3. The molecule has 1 aliphatic heterocycles. The first kappa shape index (κ1) is 12.6. The molecule has 0 atom stereocenters. The molecule has 4 heteroatoms. The summed E-state index contributed by atoms with van der Waals surface area (Å²) in [4.78, 5) is 23.4. The molecule has 1 aromatic carbocycles. The second kappa shape index (κ2) is 4.44. The van der Waals surface area contributed by atoms with Crippen LogP contribution in [0.4, 0.5) is 0 Å². The number of carbonyl (C=O) groups excluding carboxylic acids is 2. The number of benzene rings is 1. The molecule has 0 saturated carbocycles. The second-order valence-corrected chi connectivity index (χ2v) is 4.88. The lowest BCUT2D eigenvalue weighted by atomic mass is 9.99. The first-order valence-electron chi connectivity index (χ1n) is 5.97. The lowest BCUT2D eigenvalue weighted by molar-refractivity contribution is -0.137. The van der Waals surface area contributed by atoms with E-state index in [0.717, 1.165) is 12.0 Å². The Morgan fingerprint density at radius 1 is 1.39 bits per heavy atom. The zero-order chi connectivity index (χ0) is 13.3.